The van der Waals surface area contributed by atoms with Crippen molar-refractivity contribution in [3.05, 3.63) is 46.2 Å². The van der Waals surface area contributed by atoms with E-state index in [2.05, 4.69) is 58.4 Å². The molecule has 19 heavy (non-hydrogen) atoms. The Labute approximate surface area is 121 Å². The molecule has 0 saturated carbocycles. The Kier molecular flexibility index (Phi) is 4.61. The molecule has 1 aromatic carbocycles. The van der Waals surface area contributed by atoms with E-state index in [4.69, 9.17) is 5.11 Å². The third kappa shape index (κ3) is 3.58. The number of hydrogen-bond donors (Lipinski definition) is 2. The molecule has 0 aliphatic rings. The van der Waals surface area contributed by atoms with Crippen LogP contribution in [0.3, 0.4) is 0 Å². The molecular weight excluding hydrogens is 306 g/mol. The van der Waals surface area contributed by atoms with Crippen molar-refractivity contribution in [2.24, 2.45) is 0 Å². The molecule has 2 rings (SSSR count). The molecular formula is C14H18BrN3O. The van der Waals surface area contributed by atoms with Gasteiger partial charge in [-0.05, 0) is 31.0 Å². The van der Waals surface area contributed by atoms with Gasteiger partial charge in [0.1, 0.15) is 0 Å². The lowest BCUT2D eigenvalue weighted by Gasteiger charge is -2.15. The summed E-state index contributed by atoms with van der Waals surface area (Å²) in [4.78, 5) is 0. The molecule has 0 saturated heterocycles. The molecule has 0 radical (unpaired) electrons. The maximum absolute atomic E-state index is 8.86. The van der Waals surface area contributed by atoms with Crippen LogP contribution in [0.15, 0.2) is 35.1 Å². The van der Waals surface area contributed by atoms with Gasteiger partial charge in [0.05, 0.1) is 25.0 Å². The van der Waals surface area contributed by atoms with Crippen LogP contribution < -0.4 is 5.32 Å². The minimum Gasteiger partial charge on any atom is -0.394 e. The second-order valence-corrected chi connectivity index (χ2v) is 5.44. The topological polar surface area (TPSA) is 50.1 Å². The summed E-state index contributed by atoms with van der Waals surface area (Å²) in [6.45, 7) is 4.82. The average molecular weight is 324 g/mol. The average Bonchev–Trinajstić information content (AvgIpc) is 2.80. The van der Waals surface area contributed by atoms with Crippen LogP contribution in [-0.4, -0.2) is 21.5 Å². The van der Waals surface area contributed by atoms with Gasteiger partial charge in [0.25, 0.3) is 0 Å². The fourth-order valence-electron chi connectivity index (χ4n) is 1.93. The number of benzene rings is 1. The maximum atomic E-state index is 8.86. The number of aryl methyl sites for hydroxylation is 1. The van der Waals surface area contributed by atoms with Gasteiger partial charge in [0, 0.05) is 16.7 Å². The number of rotatable bonds is 5. The fraction of sp³-hybridized carbons (Fsp3) is 0.357. The SMILES string of the molecule is Cc1cc(C(C)Nc2cnn(CCO)c2)ccc1Br. The molecule has 0 aliphatic carbocycles. The number of halogens is 1. The zero-order valence-electron chi connectivity index (χ0n) is 11.1. The predicted molar refractivity (Wildman–Crippen MR) is 80.2 cm³/mol. The Morgan fingerprint density at radius 2 is 2.26 bits per heavy atom. The molecule has 1 unspecified atom stereocenters. The molecule has 0 fully saturated rings. The lowest BCUT2D eigenvalue weighted by molar-refractivity contribution is 0.269. The van der Waals surface area contributed by atoms with Crippen molar-refractivity contribution in [3.8, 4) is 0 Å². The molecule has 2 N–H and O–H groups in total. The number of aromatic nitrogens is 2. The third-order valence-electron chi connectivity index (χ3n) is 3.03. The smallest absolute Gasteiger partial charge is 0.0731 e. The summed E-state index contributed by atoms with van der Waals surface area (Å²) >= 11 is 3.51. The van der Waals surface area contributed by atoms with Crippen molar-refractivity contribution >= 4 is 21.6 Å². The lowest BCUT2D eigenvalue weighted by Crippen LogP contribution is -2.06. The minimum atomic E-state index is 0.0998. The van der Waals surface area contributed by atoms with Gasteiger partial charge >= 0.3 is 0 Å². The number of aliphatic hydroxyl groups is 1. The Hall–Kier alpha value is -1.33. The van der Waals surface area contributed by atoms with E-state index in [9.17, 15) is 0 Å². The minimum absolute atomic E-state index is 0.0998. The molecule has 102 valence electrons. The number of hydrogen-bond acceptors (Lipinski definition) is 3. The summed E-state index contributed by atoms with van der Waals surface area (Å²) in [5, 5.41) is 16.4. The first-order valence-corrected chi connectivity index (χ1v) is 7.05. The quantitative estimate of drug-likeness (QED) is 0.888. The van der Waals surface area contributed by atoms with E-state index in [-0.39, 0.29) is 12.6 Å². The predicted octanol–water partition coefficient (Wildman–Crippen LogP) is 3.12. The van der Waals surface area contributed by atoms with E-state index in [1.165, 1.54) is 11.1 Å². The molecule has 0 amide bonds. The summed E-state index contributed by atoms with van der Waals surface area (Å²) in [6.07, 6.45) is 3.68. The van der Waals surface area contributed by atoms with E-state index < -0.39 is 0 Å². The van der Waals surface area contributed by atoms with E-state index in [0.717, 1.165) is 10.2 Å². The van der Waals surface area contributed by atoms with Gasteiger partial charge in [0.15, 0.2) is 0 Å². The number of aliphatic hydroxyl groups excluding tert-OH is 1. The first kappa shape index (κ1) is 14.1. The highest BCUT2D eigenvalue weighted by atomic mass is 79.9. The molecule has 0 spiro atoms. The van der Waals surface area contributed by atoms with Gasteiger partial charge in [0.2, 0.25) is 0 Å². The summed E-state index contributed by atoms with van der Waals surface area (Å²) in [7, 11) is 0. The van der Waals surface area contributed by atoms with Gasteiger partial charge in [-0.15, -0.1) is 0 Å². The van der Waals surface area contributed by atoms with Crippen molar-refractivity contribution in [1.29, 1.82) is 0 Å². The van der Waals surface area contributed by atoms with Crippen molar-refractivity contribution < 1.29 is 5.11 Å². The Morgan fingerprint density at radius 3 is 2.95 bits per heavy atom. The van der Waals surface area contributed by atoms with Crippen LogP contribution in [0.1, 0.15) is 24.1 Å². The second-order valence-electron chi connectivity index (χ2n) is 4.59. The Balaban J connectivity index is 2.06. The lowest BCUT2D eigenvalue weighted by atomic mass is 10.1. The first-order valence-electron chi connectivity index (χ1n) is 6.26. The van der Waals surface area contributed by atoms with E-state index in [1.54, 1.807) is 10.9 Å². The van der Waals surface area contributed by atoms with Gasteiger partial charge in [-0.1, -0.05) is 28.1 Å². The largest absolute Gasteiger partial charge is 0.394 e. The number of anilines is 1. The fourth-order valence-corrected chi connectivity index (χ4v) is 2.18. The van der Waals surface area contributed by atoms with Crippen molar-refractivity contribution in [2.75, 3.05) is 11.9 Å². The molecule has 5 heteroatoms. The number of nitrogens with one attached hydrogen (secondary N) is 1. The van der Waals surface area contributed by atoms with E-state index in [1.807, 2.05) is 6.20 Å². The van der Waals surface area contributed by atoms with Gasteiger partial charge < -0.3 is 10.4 Å². The summed E-state index contributed by atoms with van der Waals surface area (Å²) in [5.74, 6) is 0. The molecule has 1 aromatic heterocycles. The van der Waals surface area contributed by atoms with Crippen LogP contribution in [0.2, 0.25) is 0 Å². The highest BCUT2D eigenvalue weighted by molar-refractivity contribution is 9.10. The summed E-state index contributed by atoms with van der Waals surface area (Å²) in [6, 6.07) is 6.55. The monoisotopic (exact) mass is 323 g/mol. The van der Waals surface area contributed by atoms with Crippen molar-refractivity contribution in [1.82, 2.24) is 9.78 Å². The molecule has 0 aliphatic heterocycles. The van der Waals surface area contributed by atoms with Crippen LogP contribution in [-0.2, 0) is 6.54 Å². The highest BCUT2D eigenvalue weighted by Crippen LogP contribution is 2.23. The normalized spacial score (nSPS) is 12.4. The summed E-state index contributed by atoms with van der Waals surface area (Å²) in [5.41, 5.74) is 3.42. The van der Waals surface area contributed by atoms with E-state index >= 15 is 0 Å². The Bertz CT molecular complexity index is 553. The van der Waals surface area contributed by atoms with Crippen LogP contribution in [0.25, 0.3) is 0 Å². The molecule has 1 atom stereocenters. The first-order chi connectivity index (χ1) is 9.10. The standard InChI is InChI=1S/C14H18BrN3O/c1-10-7-12(3-4-14(10)15)11(2)17-13-8-16-18(9-13)5-6-19/h3-4,7-9,11,17,19H,5-6H2,1-2H3. The van der Waals surface area contributed by atoms with Gasteiger partial charge in [-0.25, -0.2) is 0 Å². The zero-order valence-corrected chi connectivity index (χ0v) is 12.7. The van der Waals surface area contributed by atoms with Gasteiger partial charge in [-0.2, -0.15) is 5.10 Å². The molecule has 2 aromatic rings. The highest BCUT2D eigenvalue weighted by Gasteiger charge is 2.08. The summed E-state index contributed by atoms with van der Waals surface area (Å²) < 4.78 is 2.85. The third-order valence-corrected chi connectivity index (χ3v) is 3.92. The second kappa shape index (κ2) is 6.21. The number of nitrogens with zero attached hydrogens (tertiary/aromatic N) is 2. The van der Waals surface area contributed by atoms with Gasteiger partial charge in [-0.3, -0.25) is 4.68 Å². The van der Waals surface area contributed by atoms with E-state index in [0.29, 0.717) is 6.54 Å². The van der Waals surface area contributed by atoms with Crippen molar-refractivity contribution in [3.63, 3.8) is 0 Å². The zero-order chi connectivity index (χ0) is 13.8. The van der Waals surface area contributed by atoms with Crippen LogP contribution in [0, 0.1) is 6.92 Å². The van der Waals surface area contributed by atoms with Crippen LogP contribution >= 0.6 is 15.9 Å². The molecule has 0 bridgehead atoms. The molecule has 4 nitrogen and oxygen atoms in total. The van der Waals surface area contributed by atoms with Crippen LogP contribution in [0.5, 0.6) is 0 Å². The Morgan fingerprint density at radius 1 is 1.47 bits per heavy atom. The van der Waals surface area contributed by atoms with Crippen molar-refractivity contribution in [2.45, 2.75) is 26.4 Å². The molecule has 1 heterocycles. The van der Waals surface area contributed by atoms with Crippen LogP contribution in [0.4, 0.5) is 5.69 Å². The maximum Gasteiger partial charge on any atom is 0.0731 e.